The van der Waals surface area contributed by atoms with Crippen LogP contribution in [0.5, 0.6) is 0 Å². The zero-order valence-corrected chi connectivity index (χ0v) is 26.7. The van der Waals surface area contributed by atoms with Gasteiger partial charge in [-0.3, -0.25) is 0 Å². The Hall–Kier alpha value is -6.44. The van der Waals surface area contributed by atoms with Crippen LogP contribution in [0.15, 0.2) is 186 Å². The standard InChI is InChI=1S/C48H30O/c1-2-15-31(16-3-1)33-29-43(48-42-26-12-13-28-44(42)49-45(48)30-33)47-40-24-10-8-22-38(40)46(39-23-9-11-25-41(39)47)37-21-7-6-20-36(37)35-27-14-18-32-17-4-5-19-34(32)35/h1-30H. The lowest BCUT2D eigenvalue weighted by Gasteiger charge is -2.21. The number of furan rings is 1. The molecule has 0 fully saturated rings. The molecule has 10 rings (SSSR count). The highest BCUT2D eigenvalue weighted by Gasteiger charge is 2.22. The van der Waals surface area contributed by atoms with E-state index in [0.717, 1.165) is 27.5 Å². The van der Waals surface area contributed by atoms with E-state index < -0.39 is 0 Å². The number of para-hydroxylation sites is 1. The maximum Gasteiger partial charge on any atom is 0.136 e. The van der Waals surface area contributed by atoms with Gasteiger partial charge in [-0.15, -0.1) is 0 Å². The lowest BCUT2D eigenvalue weighted by Crippen LogP contribution is -1.94. The Morgan fingerprint density at radius 1 is 0.286 bits per heavy atom. The van der Waals surface area contributed by atoms with Crippen molar-refractivity contribution in [3.8, 4) is 44.5 Å². The van der Waals surface area contributed by atoms with Crippen molar-refractivity contribution in [1.82, 2.24) is 0 Å². The largest absolute Gasteiger partial charge is 0.456 e. The van der Waals surface area contributed by atoms with Gasteiger partial charge in [-0.05, 0) is 95.0 Å². The topological polar surface area (TPSA) is 13.1 Å². The Balaban J connectivity index is 1.35. The summed E-state index contributed by atoms with van der Waals surface area (Å²) in [5.41, 5.74) is 11.5. The van der Waals surface area contributed by atoms with Gasteiger partial charge in [0.1, 0.15) is 11.2 Å². The third-order valence-corrected chi connectivity index (χ3v) is 10.1. The number of hydrogen-bond acceptors (Lipinski definition) is 1. The molecule has 0 unspecified atom stereocenters. The van der Waals surface area contributed by atoms with E-state index in [2.05, 4.69) is 182 Å². The van der Waals surface area contributed by atoms with Crippen LogP contribution in [0, 0.1) is 0 Å². The lowest BCUT2D eigenvalue weighted by molar-refractivity contribution is 0.669. The van der Waals surface area contributed by atoms with Gasteiger partial charge in [-0.1, -0.05) is 164 Å². The average molecular weight is 623 g/mol. The minimum absolute atomic E-state index is 0.899. The molecule has 1 aromatic heterocycles. The molecule has 1 heterocycles. The van der Waals surface area contributed by atoms with Crippen molar-refractivity contribution in [2.45, 2.75) is 0 Å². The lowest BCUT2D eigenvalue weighted by atomic mass is 9.82. The predicted octanol–water partition coefficient (Wildman–Crippen LogP) is 13.7. The van der Waals surface area contributed by atoms with E-state index in [1.807, 2.05) is 0 Å². The summed E-state index contributed by atoms with van der Waals surface area (Å²) >= 11 is 0. The highest BCUT2D eigenvalue weighted by Crippen LogP contribution is 2.49. The molecular formula is C48H30O. The van der Waals surface area contributed by atoms with Crippen LogP contribution >= 0.6 is 0 Å². The zero-order valence-electron chi connectivity index (χ0n) is 26.7. The summed E-state index contributed by atoms with van der Waals surface area (Å²) in [6, 6.07) is 65.7. The molecule has 0 aliphatic rings. The van der Waals surface area contributed by atoms with Crippen LogP contribution in [0.2, 0.25) is 0 Å². The van der Waals surface area contributed by atoms with Gasteiger partial charge in [0.05, 0.1) is 0 Å². The summed E-state index contributed by atoms with van der Waals surface area (Å²) in [6.45, 7) is 0. The van der Waals surface area contributed by atoms with Gasteiger partial charge >= 0.3 is 0 Å². The van der Waals surface area contributed by atoms with Crippen LogP contribution in [0.3, 0.4) is 0 Å². The molecule has 1 nitrogen and oxygen atoms in total. The van der Waals surface area contributed by atoms with Crippen molar-refractivity contribution < 1.29 is 4.42 Å². The van der Waals surface area contributed by atoms with Gasteiger partial charge in [0.25, 0.3) is 0 Å². The van der Waals surface area contributed by atoms with Crippen molar-refractivity contribution in [2.24, 2.45) is 0 Å². The average Bonchev–Trinajstić information content (AvgIpc) is 3.56. The third kappa shape index (κ3) is 4.33. The zero-order chi connectivity index (χ0) is 32.3. The molecule has 9 aromatic carbocycles. The van der Waals surface area contributed by atoms with Crippen LogP contribution in [-0.2, 0) is 0 Å². The first-order valence-corrected chi connectivity index (χ1v) is 16.9. The van der Waals surface area contributed by atoms with Crippen LogP contribution in [-0.4, -0.2) is 0 Å². The monoisotopic (exact) mass is 622 g/mol. The second kappa shape index (κ2) is 11.1. The van der Waals surface area contributed by atoms with Crippen molar-refractivity contribution in [3.63, 3.8) is 0 Å². The molecule has 0 saturated carbocycles. The first-order valence-electron chi connectivity index (χ1n) is 16.9. The molecule has 1 heteroatoms. The summed E-state index contributed by atoms with van der Waals surface area (Å²) in [6.07, 6.45) is 0. The normalized spacial score (nSPS) is 11.7. The molecule has 0 amide bonds. The minimum Gasteiger partial charge on any atom is -0.456 e. The maximum atomic E-state index is 6.59. The SMILES string of the molecule is c1ccc(-c2cc(-c3c4ccccc4c(-c4ccccc4-c4cccc5ccccc45)c4ccccc34)c3c(c2)oc2ccccc23)cc1. The number of fused-ring (bicyclic) bond motifs is 6. The van der Waals surface area contributed by atoms with Gasteiger partial charge < -0.3 is 4.42 Å². The third-order valence-electron chi connectivity index (χ3n) is 10.1. The smallest absolute Gasteiger partial charge is 0.136 e. The van der Waals surface area contributed by atoms with E-state index in [9.17, 15) is 0 Å². The van der Waals surface area contributed by atoms with E-state index in [-0.39, 0.29) is 0 Å². The van der Waals surface area contributed by atoms with Crippen molar-refractivity contribution in [1.29, 1.82) is 0 Å². The van der Waals surface area contributed by atoms with Gasteiger partial charge in [0.15, 0.2) is 0 Å². The molecule has 228 valence electrons. The molecule has 49 heavy (non-hydrogen) atoms. The summed E-state index contributed by atoms with van der Waals surface area (Å²) < 4.78 is 6.59. The van der Waals surface area contributed by atoms with Gasteiger partial charge in [-0.25, -0.2) is 0 Å². The van der Waals surface area contributed by atoms with E-state index in [4.69, 9.17) is 4.42 Å². The molecule has 10 aromatic rings. The first-order chi connectivity index (χ1) is 24.3. The Morgan fingerprint density at radius 3 is 1.51 bits per heavy atom. The highest BCUT2D eigenvalue weighted by atomic mass is 16.3. The van der Waals surface area contributed by atoms with Crippen LogP contribution in [0.25, 0.3) is 98.8 Å². The molecule has 0 aliphatic heterocycles. The van der Waals surface area contributed by atoms with Crippen LogP contribution < -0.4 is 0 Å². The summed E-state index contributed by atoms with van der Waals surface area (Å²) in [5, 5.41) is 9.69. The van der Waals surface area contributed by atoms with E-state index in [1.165, 1.54) is 71.3 Å². The molecular weight excluding hydrogens is 593 g/mol. The fraction of sp³-hybridized carbons (Fsp3) is 0. The van der Waals surface area contributed by atoms with Gasteiger partial charge in [0, 0.05) is 10.8 Å². The second-order valence-electron chi connectivity index (χ2n) is 12.8. The molecule has 0 aliphatic carbocycles. The first kappa shape index (κ1) is 27.7. The van der Waals surface area contributed by atoms with E-state index in [0.29, 0.717) is 0 Å². The Labute approximate surface area is 284 Å². The Morgan fingerprint density at radius 2 is 0.796 bits per heavy atom. The fourth-order valence-electron chi connectivity index (χ4n) is 7.95. The number of hydrogen-bond donors (Lipinski definition) is 0. The van der Waals surface area contributed by atoms with Crippen LogP contribution in [0.1, 0.15) is 0 Å². The predicted molar refractivity (Wildman–Crippen MR) is 208 cm³/mol. The summed E-state index contributed by atoms with van der Waals surface area (Å²) in [5.74, 6) is 0. The Bertz CT molecular complexity index is 2810. The fourth-order valence-corrected chi connectivity index (χ4v) is 7.95. The molecule has 0 spiro atoms. The summed E-state index contributed by atoms with van der Waals surface area (Å²) in [4.78, 5) is 0. The van der Waals surface area contributed by atoms with Gasteiger partial charge in [-0.2, -0.15) is 0 Å². The van der Waals surface area contributed by atoms with Crippen LogP contribution in [0.4, 0.5) is 0 Å². The number of benzene rings is 9. The summed E-state index contributed by atoms with van der Waals surface area (Å²) in [7, 11) is 0. The minimum atomic E-state index is 0.899. The maximum absolute atomic E-state index is 6.59. The molecule has 0 bridgehead atoms. The number of rotatable bonds is 4. The molecule has 0 saturated heterocycles. The highest BCUT2D eigenvalue weighted by molar-refractivity contribution is 6.27. The molecule has 0 N–H and O–H groups in total. The second-order valence-corrected chi connectivity index (χ2v) is 12.8. The van der Waals surface area contributed by atoms with Crippen molar-refractivity contribution in [2.75, 3.05) is 0 Å². The Kier molecular flexibility index (Phi) is 6.25. The van der Waals surface area contributed by atoms with Crippen molar-refractivity contribution in [3.05, 3.63) is 182 Å². The van der Waals surface area contributed by atoms with Crippen molar-refractivity contribution >= 4 is 54.3 Å². The molecule has 0 radical (unpaired) electrons. The van der Waals surface area contributed by atoms with Gasteiger partial charge in [0.2, 0.25) is 0 Å². The quantitative estimate of drug-likeness (QED) is 0.178. The molecule has 0 atom stereocenters. The van der Waals surface area contributed by atoms with E-state index in [1.54, 1.807) is 0 Å². The van der Waals surface area contributed by atoms with E-state index >= 15 is 0 Å².